The summed E-state index contributed by atoms with van der Waals surface area (Å²) in [6.45, 7) is 5.38. The molecule has 0 spiro atoms. The molecule has 2 aliphatic rings. The van der Waals surface area contributed by atoms with Crippen LogP contribution in [-0.2, 0) is 22.5 Å². The molecule has 2 saturated carbocycles. The number of carboxylic acids is 1. The lowest BCUT2D eigenvalue weighted by Crippen LogP contribution is -2.95. The van der Waals surface area contributed by atoms with Gasteiger partial charge in [-0.15, -0.1) is 0 Å². The summed E-state index contributed by atoms with van der Waals surface area (Å²) in [5, 5.41) is 16.2. The van der Waals surface area contributed by atoms with Crippen LogP contribution in [0, 0.1) is 0 Å². The molecule has 0 unspecified atom stereocenters. The molecule has 0 aromatic heterocycles. The maximum atomic E-state index is 12.5. The van der Waals surface area contributed by atoms with E-state index in [9.17, 15) is 14.7 Å². The summed E-state index contributed by atoms with van der Waals surface area (Å²) in [5.41, 5.74) is 3.45. The Bertz CT molecular complexity index is 1320. The first-order chi connectivity index (χ1) is 22.6. The van der Waals surface area contributed by atoms with E-state index in [1.807, 2.05) is 60.7 Å². The van der Waals surface area contributed by atoms with Crippen molar-refractivity contribution in [3.05, 3.63) is 96.1 Å². The summed E-state index contributed by atoms with van der Waals surface area (Å²) in [5.74, 6) is 0.0306. The number of hydrogen-bond acceptors (Lipinski definition) is 6. The number of carboxylic acid groups (broad SMARTS) is 1. The quantitative estimate of drug-likeness (QED) is 0.238. The van der Waals surface area contributed by atoms with Crippen LogP contribution in [0.4, 0.5) is 4.79 Å². The second kappa shape index (κ2) is 18.5. The lowest BCUT2D eigenvalue weighted by molar-refractivity contribution is -0.725. The summed E-state index contributed by atoms with van der Waals surface area (Å²) in [4.78, 5) is 24.6. The summed E-state index contributed by atoms with van der Waals surface area (Å²) < 4.78 is 11.1. The van der Waals surface area contributed by atoms with Gasteiger partial charge in [-0.2, -0.15) is 0 Å². The Labute approximate surface area is 280 Å². The standard InChI is InChI=1S/C27H30N2O5.C12H23N/c1-27(2,3)34-26(32)28-29(19-21-10-6-4-7-11-21)24(25(30)31)18-20-14-16-23(17-15-20)33-22-12-8-5-9-13-22;1-3-7-11(8-4-1)13-12-9-5-2-6-10-12/h4-17,24H,18-19H2,1-3H3,(H,28,32)(H,30,31);11-13H,1-10H2/t24-;/m0./s1. The van der Waals surface area contributed by atoms with Gasteiger partial charge in [0.2, 0.25) is 0 Å². The third-order valence-corrected chi connectivity index (χ3v) is 8.65. The molecule has 1 amide bonds. The Morgan fingerprint density at radius 2 is 1.28 bits per heavy atom. The number of para-hydroxylation sites is 1. The van der Waals surface area contributed by atoms with Crippen LogP contribution in [0.2, 0.25) is 0 Å². The molecule has 0 aliphatic heterocycles. The number of ether oxygens (including phenoxy) is 2. The highest BCUT2D eigenvalue weighted by Gasteiger charge is 2.26. The van der Waals surface area contributed by atoms with Crippen molar-refractivity contribution < 1.29 is 29.5 Å². The van der Waals surface area contributed by atoms with Crippen molar-refractivity contribution in [2.24, 2.45) is 0 Å². The summed E-state index contributed by atoms with van der Waals surface area (Å²) in [6.07, 6.45) is 14.3. The number of aliphatic carboxylic acids is 1. The molecule has 8 heteroatoms. The van der Waals surface area contributed by atoms with Gasteiger partial charge in [-0.1, -0.05) is 73.5 Å². The van der Waals surface area contributed by atoms with E-state index in [1.54, 1.807) is 45.0 Å². The Balaban J connectivity index is 0.000000318. The number of quaternary nitrogens is 1. The number of nitrogens with one attached hydrogen (secondary N) is 1. The predicted octanol–water partition coefficient (Wildman–Crippen LogP) is 6.30. The highest BCUT2D eigenvalue weighted by Crippen LogP contribution is 2.23. The fourth-order valence-corrected chi connectivity index (χ4v) is 6.33. The molecule has 2 fully saturated rings. The van der Waals surface area contributed by atoms with Gasteiger partial charge in [0.25, 0.3) is 0 Å². The van der Waals surface area contributed by atoms with Crippen molar-refractivity contribution in [3.63, 3.8) is 0 Å². The molecule has 0 bridgehead atoms. The van der Waals surface area contributed by atoms with E-state index in [-0.39, 0.29) is 13.0 Å². The summed E-state index contributed by atoms with van der Waals surface area (Å²) >= 11 is 0. The van der Waals surface area contributed by atoms with Crippen molar-refractivity contribution in [2.75, 3.05) is 0 Å². The number of carbonyl (C=O) groups is 2. The van der Waals surface area contributed by atoms with E-state index in [2.05, 4.69) is 10.7 Å². The fourth-order valence-electron chi connectivity index (χ4n) is 6.33. The number of nitrogens with two attached hydrogens (primary N) is 1. The van der Waals surface area contributed by atoms with E-state index in [1.165, 1.54) is 69.2 Å². The molecule has 2 aliphatic carbocycles. The molecular weight excluding hydrogens is 590 g/mol. The Morgan fingerprint density at radius 3 is 1.79 bits per heavy atom. The van der Waals surface area contributed by atoms with E-state index in [4.69, 9.17) is 9.47 Å². The first-order valence-electron chi connectivity index (χ1n) is 17.3. The SMILES string of the molecule is C1CCC([NH2+]C2CCCCC2)CC1.CC(C)(C)OC(=O)NN(Cc1ccccc1)[C@@H](Cc1ccc(Oc2ccccc2)cc1)C(=O)[O-]. The zero-order valence-electron chi connectivity index (χ0n) is 28.4. The van der Waals surface area contributed by atoms with Crippen LogP contribution in [0.1, 0.15) is 96.1 Å². The zero-order valence-corrected chi connectivity index (χ0v) is 28.4. The van der Waals surface area contributed by atoms with Crippen LogP contribution >= 0.6 is 0 Å². The highest BCUT2D eigenvalue weighted by molar-refractivity contribution is 5.73. The average Bonchev–Trinajstić information content (AvgIpc) is 3.05. The number of amides is 1. The smallest absolute Gasteiger partial charge is 0.422 e. The van der Waals surface area contributed by atoms with E-state index >= 15 is 0 Å². The fraction of sp³-hybridized carbons (Fsp3) is 0.487. The maximum absolute atomic E-state index is 12.5. The summed E-state index contributed by atoms with van der Waals surface area (Å²) in [6, 6.07) is 26.6. The number of hydrogen-bond donors (Lipinski definition) is 2. The van der Waals surface area contributed by atoms with Crippen LogP contribution in [0.3, 0.4) is 0 Å². The number of carbonyl (C=O) groups excluding carboxylic acids is 2. The average molecular weight is 644 g/mol. The zero-order chi connectivity index (χ0) is 33.5. The molecule has 3 N–H and O–H groups in total. The van der Waals surface area contributed by atoms with Gasteiger partial charge in [0.15, 0.2) is 0 Å². The van der Waals surface area contributed by atoms with Gasteiger partial charge in [-0.25, -0.2) is 9.80 Å². The van der Waals surface area contributed by atoms with E-state index in [0.29, 0.717) is 11.5 Å². The maximum Gasteiger partial charge on any atom is 0.422 e. The lowest BCUT2D eigenvalue weighted by Gasteiger charge is -2.33. The van der Waals surface area contributed by atoms with Gasteiger partial charge in [0.05, 0.1) is 24.1 Å². The Morgan fingerprint density at radius 1 is 0.766 bits per heavy atom. The largest absolute Gasteiger partial charge is 0.548 e. The second-order valence-electron chi connectivity index (χ2n) is 13.8. The topological polar surface area (TPSA) is 108 Å². The van der Waals surface area contributed by atoms with Gasteiger partial charge >= 0.3 is 6.09 Å². The lowest BCUT2D eigenvalue weighted by atomic mass is 9.91. The normalized spacial score (nSPS) is 16.4. The number of nitrogens with zero attached hydrogens (tertiary/aromatic N) is 1. The van der Waals surface area contributed by atoms with Gasteiger partial charge in [0.1, 0.15) is 17.1 Å². The van der Waals surface area contributed by atoms with Gasteiger partial charge in [-0.3, -0.25) is 5.43 Å². The first kappa shape index (κ1) is 36.0. The van der Waals surface area contributed by atoms with Crippen LogP contribution in [-0.4, -0.2) is 40.8 Å². The number of rotatable bonds is 11. The number of benzene rings is 3. The molecule has 3 aromatic carbocycles. The van der Waals surface area contributed by atoms with Crippen molar-refractivity contribution in [2.45, 2.75) is 122 Å². The predicted molar refractivity (Wildman–Crippen MR) is 182 cm³/mol. The molecule has 0 heterocycles. The van der Waals surface area contributed by atoms with Crippen molar-refractivity contribution in [1.82, 2.24) is 10.4 Å². The summed E-state index contributed by atoms with van der Waals surface area (Å²) in [7, 11) is 0. The molecule has 5 rings (SSSR count). The van der Waals surface area contributed by atoms with Crippen molar-refractivity contribution >= 4 is 12.1 Å². The Kier molecular flexibility index (Phi) is 14.1. The third kappa shape index (κ3) is 13.4. The Hall–Kier alpha value is -3.88. The number of hydrazine groups is 1. The van der Waals surface area contributed by atoms with Crippen LogP contribution in [0.15, 0.2) is 84.9 Å². The van der Waals surface area contributed by atoms with Crippen molar-refractivity contribution in [1.29, 1.82) is 0 Å². The molecule has 254 valence electrons. The van der Waals surface area contributed by atoms with Gasteiger partial charge in [0, 0.05) is 6.54 Å². The minimum absolute atomic E-state index is 0.108. The second-order valence-corrected chi connectivity index (χ2v) is 13.8. The molecule has 0 radical (unpaired) electrons. The molecule has 0 saturated heterocycles. The molecule has 3 aromatic rings. The van der Waals surface area contributed by atoms with E-state index < -0.39 is 23.7 Å². The van der Waals surface area contributed by atoms with Gasteiger partial charge < -0.3 is 24.7 Å². The monoisotopic (exact) mass is 643 g/mol. The van der Waals surface area contributed by atoms with E-state index in [0.717, 1.165) is 23.2 Å². The van der Waals surface area contributed by atoms with Crippen LogP contribution in [0.25, 0.3) is 0 Å². The van der Waals surface area contributed by atoms with Crippen LogP contribution in [0.5, 0.6) is 11.5 Å². The minimum atomic E-state index is -1.31. The molecule has 8 nitrogen and oxygen atoms in total. The van der Waals surface area contributed by atoms with Crippen LogP contribution < -0.4 is 20.6 Å². The van der Waals surface area contributed by atoms with Crippen molar-refractivity contribution in [3.8, 4) is 11.5 Å². The first-order valence-corrected chi connectivity index (χ1v) is 17.3. The third-order valence-electron chi connectivity index (χ3n) is 8.65. The van der Waals surface area contributed by atoms with Gasteiger partial charge in [-0.05, 0) is 114 Å². The molecule has 47 heavy (non-hydrogen) atoms. The molecular formula is C39H53N3O5. The highest BCUT2D eigenvalue weighted by atomic mass is 16.6. The minimum Gasteiger partial charge on any atom is -0.548 e. The molecule has 1 atom stereocenters.